The minimum absolute atomic E-state index is 0.373. The summed E-state index contributed by atoms with van der Waals surface area (Å²) in [7, 11) is 0. The van der Waals surface area contributed by atoms with E-state index < -0.39 is 0 Å². The van der Waals surface area contributed by atoms with Gasteiger partial charge in [-0.1, -0.05) is 0 Å². The number of benzene rings is 1. The third-order valence-corrected chi connectivity index (χ3v) is 3.83. The normalized spacial score (nSPS) is 19.6. The van der Waals surface area contributed by atoms with Crippen LogP contribution in [0.3, 0.4) is 0 Å². The summed E-state index contributed by atoms with van der Waals surface area (Å²) >= 11 is 0. The van der Waals surface area contributed by atoms with E-state index in [1.165, 1.54) is 0 Å². The van der Waals surface area contributed by atoms with Crippen LogP contribution in [0.1, 0.15) is 30.4 Å². The maximum absolute atomic E-state index is 10.6. The van der Waals surface area contributed by atoms with Crippen molar-refractivity contribution >= 4 is 6.08 Å². The number of aliphatic imine (C=N–C) groups is 1. The number of hydrogen-bond donors (Lipinski definition) is 0. The van der Waals surface area contributed by atoms with Gasteiger partial charge in [-0.25, -0.2) is 4.79 Å². The molecule has 0 spiro atoms. The Morgan fingerprint density at radius 1 is 1.22 bits per heavy atom. The van der Waals surface area contributed by atoms with E-state index in [1.54, 1.807) is 6.08 Å². The molecule has 18 heavy (non-hydrogen) atoms. The molecule has 0 radical (unpaired) electrons. The number of rotatable bonds is 2. The topological polar surface area (TPSA) is 47.9 Å². The summed E-state index contributed by atoms with van der Waals surface area (Å²) in [6.45, 7) is 3.18. The first-order chi connectivity index (χ1) is 8.75. The Kier molecular flexibility index (Phi) is 2.60. The van der Waals surface area contributed by atoms with Crippen LogP contribution in [0.4, 0.5) is 0 Å². The summed E-state index contributed by atoms with van der Waals surface area (Å²) in [5.74, 6) is 1.54. The number of hydrogen-bond acceptors (Lipinski definition) is 4. The van der Waals surface area contributed by atoms with E-state index >= 15 is 0 Å². The Bertz CT molecular complexity index is 528. The van der Waals surface area contributed by atoms with Crippen molar-refractivity contribution < 1.29 is 14.3 Å². The average Bonchev–Trinajstić information content (AvgIpc) is 2.33. The van der Waals surface area contributed by atoms with E-state index in [0.717, 1.165) is 41.9 Å². The van der Waals surface area contributed by atoms with Gasteiger partial charge in [0.25, 0.3) is 0 Å². The summed E-state index contributed by atoms with van der Waals surface area (Å²) < 4.78 is 11.1. The van der Waals surface area contributed by atoms with Gasteiger partial charge in [-0.2, -0.15) is 4.99 Å². The lowest BCUT2D eigenvalue weighted by atomic mass is 9.71. The highest BCUT2D eigenvalue weighted by Crippen LogP contribution is 2.48. The number of nitrogens with zero attached hydrogens (tertiary/aromatic N) is 1. The molecule has 94 valence electrons. The maximum atomic E-state index is 10.6. The minimum atomic E-state index is -0.373. The van der Waals surface area contributed by atoms with Gasteiger partial charge in [-0.05, 0) is 49.4 Å². The van der Waals surface area contributed by atoms with Gasteiger partial charge in [-0.3, -0.25) is 0 Å². The predicted octanol–water partition coefficient (Wildman–Crippen LogP) is 2.48. The highest BCUT2D eigenvalue weighted by molar-refractivity contribution is 5.52. The van der Waals surface area contributed by atoms with E-state index in [2.05, 4.69) is 4.99 Å². The highest BCUT2D eigenvalue weighted by atomic mass is 16.6. The van der Waals surface area contributed by atoms with E-state index in [-0.39, 0.29) is 5.54 Å². The van der Waals surface area contributed by atoms with Crippen molar-refractivity contribution in [1.29, 1.82) is 0 Å². The van der Waals surface area contributed by atoms with Gasteiger partial charge in [0.15, 0.2) is 11.5 Å². The van der Waals surface area contributed by atoms with Crippen LogP contribution in [0, 0.1) is 6.92 Å². The first kappa shape index (κ1) is 11.3. The van der Waals surface area contributed by atoms with Crippen molar-refractivity contribution in [2.75, 3.05) is 13.2 Å². The van der Waals surface area contributed by atoms with E-state index in [0.29, 0.717) is 13.2 Å². The third kappa shape index (κ3) is 1.61. The molecule has 0 bridgehead atoms. The van der Waals surface area contributed by atoms with Gasteiger partial charge in [0.1, 0.15) is 13.2 Å². The first-order valence-corrected chi connectivity index (χ1v) is 6.25. The van der Waals surface area contributed by atoms with Crippen LogP contribution in [0.25, 0.3) is 0 Å². The summed E-state index contributed by atoms with van der Waals surface area (Å²) in [4.78, 5) is 14.7. The van der Waals surface area contributed by atoms with Crippen LogP contribution in [-0.4, -0.2) is 19.3 Å². The number of ether oxygens (including phenoxy) is 2. The third-order valence-electron chi connectivity index (χ3n) is 3.83. The summed E-state index contributed by atoms with van der Waals surface area (Å²) in [6, 6.07) is 3.95. The summed E-state index contributed by atoms with van der Waals surface area (Å²) in [5, 5.41) is 0. The van der Waals surface area contributed by atoms with Crippen LogP contribution in [-0.2, 0) is 10.3 Å². The molecule has 0 atom stereocenters. The summed E-state index contributed by atoms with van der Waals surface area (Å²) in [6.07, 6.45) is 4.63. The van der Waals surface area contributed by atoms with E-state index in [9.17, 15) is 4.79 Å². The first-order valence-electron chi connectivity index (χ1n) is 6.25. The molecule has 1 saturated carbocycles. The standard InChI is InChI=1S/C14H15NO3/c1-10-7-12-13(18-6-5-17-12)8-11(10)14(15-9-16)3-2-4-14/h7-8H,2-6H2,1H3. The quantitative estimate of drug-likeness (QED) is 0.594. The molecule has 4 nitrogen and oxygen atoms in total. The van der Waals surface area contributed by atoms with Gasteiger partial charge in [0, 0.05) is 0 Å². The van der Waals surface area contributed by atoms with E-state index in [1.807, 2.05) is 19.1 Å². The molecule has 1 aromatic carbocycles. The van der Waals surface area contributed by atoms with Crippen molar-refractivity contribution in [3.8, 4) is 11.5 Å². The Morgan fingerprint density at radius 2 is 1.89 bits per heavy atom. The second-order valence-corrected chi connectivity index (χ2v) is 4.90. The fourth-order valence-corrected chi connectivity index (χ4v) is 2.73. The lowest BCUT2D eigenvalue weighted by Gasteiger charge is -2.38. The minimum Gasteiger partial charge on any atom is -0.486 e. The molecule has 0 saturated heterocycles. The predicted molar refractivity (Wildman–Crippen MR) is 65.8 cm³/mol. The van der Waals surface area contributed by atoms with Crippen LogP contribution in [0.2, 0.25) is 0 Å². The van der Waals surface area contributed by atoms with Crippen LogP contribution < -0.4 is 9.47 Å². The number of carbonyl (C=O) groups excluding carboxylic acids is 1. The molecule has 1 fully saturated rings. The van der Waals surface area contributed by atoms with Crippen molar-refractivity contribution in [2.45, 2.75) is 31.7 Å². The van der Waals surface area contributed by atoms with Crippen molar-refractivity contribution in [1.82, 2.24) is 0 Å². The second-order valence-electron chi connectivity index (χ2n) is 4.90. The molecule has 1 aliphatic carbocycles. The zero-order chi connectivity index (χ0) is 12.6. The van der Waals surface area contributed by atoms with Crippen LogP contribution >= 0.6 is 0 Å². The van der Waals surface area contributed by atoms with Crippen molar-refractivity contribution in [2.24, 2.45) is 4.99 Å². The molecule has 1 heterocycles. The Hall–Kier alpha value is -1.80. The number of isocyanates is 1. The monoisotopic (exact) mass is 245 g/mol. The smallest absolute Gasteiger partial charge is 0.235 e. The molecular formula is C14H15NO3. The number of fused-ring (bicyclic) bond motifs is 1. The zero-order valence-electron chi connectivity index (χ0n) is 10.4. The van der Waals surface area contributed by atoms with Gasteiger partial charge in [-0.15, -0.1) is 0 Å². The highest BCUT2D eigenvalue weighted by Gasteiger charge is 2.40. The lowest BCUT2D eigenvalue weighted by Crippen LogP contribution is -2.33. The molecule has 3 rings (SSSR count). The Balaban J connectivity index is 2.09. The van der Waals surface area contributed by atoms with Gasteiger partial charge < -0.3 is 9.47 Å². The molecule has 1 aliphatic heterocycles. The van der Waals surface area contributed by atoms with Gasteiger partial charge in [0.05, 0.1) is 5.54 Å². The second kappa shape index (κ2) is 4.14. The largest absolute Gasteiger partial charge is 0.486 e. The Morgan fingerprint density at radius 3 is 2.44 bits per heavy atom. The fraction of sp³-hybridized carbons (Fsp3) is 0.500. The van der Waals surface area contributed by atoms with Crippen LogP contribution in [0.15, 0.2) is 17.1 Å². The fourth-order valence-electron chi connectivity index (χ4n) is 2.73. The molecule has 0 N–H and O–H groups in total. The molecule has 0 amide bonds. The lowest BCUT2D eigenvalue weighted by molar-refractivity contribution is 0.170. The van der Waals surface area contributed by atoms with Gasteiger partial charge in [0.2, 0.25) is 6.08 Å². The maximum Gasteiger partial charge on any atom is 0.235 e. The molecular weight excluding hydrogens is 230 g/mol. The molecule has 0 aromatic heterocycles. The van der Waals surface area contributed by atoms with Gasteiger partial charge >= 0.3 is 0 Å². The van der Waals surface area contributed by atoms with Crippen molar-refractivity contribution in [3.05, 3.63) is 23.3 Å². The molecule has 4 heteroatoms. The summed E-state index contributed by atoms with van der Waals surface area (Å²) in [5.41, 5.74) is 1.79. The SMILES string of the molecule is Cc1cc2c(cc1C1(N=C=O)CCC1)OCCO2. The van der Waals surface area contributed by atoms with Crippen molar-refractivity contribution in [3.63, 3.8) is 0 Å². The Labute approximate surface area is 106 Å². The average molecular weight is 245 g/mol. The number of aryl methyl sites for hydroxylation is 1. The molecule has 2 aliphatic rings. The van der Waals surface area contributed by atoms with Crippen LogP contribution in [0.5, 0.6) is 11.5 Å². The molecule has 1 aromatic rings. The van der Waals surface area contributed by atoms with E-state index in [4.69, 9.17) is 9.47 Å². The molecule has 0 unspecified atom stereocenters. The zero-order valence-corrected chi connectivity index (χ0v) is 10.4.